The minimum atomic E-state index is -3.77. The van der Waals surface area contributed by atoms with E-state index in [4.69, 9.17) is 9.47 Å². The molecule has 0 aliphatic rings. The van der Waals surface area contributed by atoms with Crippen molar-refractivity contribution in [1.82, 2.24) is 0 Å². The zero-order valence-corrected chi connectivity index (χ0v) is 21.0. The smallest absolute Gasteiger partial charge is 0.287 e. The second kappa shape index (κ2) is 12.1. The van der Waals surface area contributed by atoms with Crippen molar-refractivity contribution in [3.05, 3.63) is 119 Å². The van der Waals surface area contributed by atoms with Crippen LogP contribution < -0.4 is 9.47 Å². The molecule has 0 radical (unpaired) electrons. The van der Waals surface area contributed by atoms with E-state index in [1.807, 2.05) is 0 Å². The van der Waals surface area contributed by atoms with E-state index in [2.05, 4.69) is 0 Å². The maximum Gasteiger partial charge on any atom is 0.287 e. The van der Waals surface area contributed by atoms with Crippen LogP contribution in [0.5, 0.6) is 23.0 Å². The lowest BCUT2D eigenvalue weighted by Crippen LogP contribution is -2.37. The average molecular weight is 541 g/mol. The highest BCUT2D eigenvalue weighted by atomic mass is 19.3. The van der Waals surface area contributed by atoms with E-state index in [-0.39, 0.29) is 23.0 Å². The molecule has 0 atom stereocenters. The van der Waals surface area contributed by atoms with Crippen LogP contribution in [0.1, 0.15) is 28.7 Å². The van der Waals surface area contributed by atoms with E-state index >= 15 is 0 Å². The fourth-order valence-corrected chi connectivity index (χ4v) is 3.96. The van der Waals surface area contributed by atoms with Gasteiger partial charge < -0.3 is 19.7 Å². The van der Waals surface area contributed by atoms with Crippen LogP contribution in [0.3, 0.4) is 0 Å². The summed E-state index contributed by atoms with van der Waals surface area (Å²) >= 11 is 0. The number of halogens is 4. The molecule has 204 valence electrons. The summed E-state index contributed by atoms with van der Waals surface area (Å²) in [6, 6.07) is 26.3. The van der Waals surface area contributed by atoms with Crippen LogP contribution in [0.2, 0.25) is 0 Å². The number of benzene rings is 4. The first kappa shape index (κ1) is 27.8. The first-order chi connectivity index (χ1) is 18.6. The molecule has 0 saturated carbocycles. The Hall–Kier alpha value is -4.20. The predicted molar refractivity (Wildman–Crippen MR) is 140 cm³/mol. The van der Waals surface area contributed by atoms with E-state index in [9.17, 15) is 27.8 Å². The topological polar surface area (TPSA) is 58.9 Å². The lowest BCUT2D eigenvalue weighted by Gasteiger charge is -2.23. The number of phenols is 2. The van der Waals surface area contributed by atoms with Gasteiger partial charge in [-0.2, -0.15) is 0 Å². The molecule has 0 bridgehead atoms. The molecule has 39 heavy (non-hydrogen) atoms. The van der Waals surface area contributed by atoms with E-state index in [0.717, 1.165) is 22.3 Å². The second-order valence-corrected chi connectivity index (χ2v) is 9.44. The SMILES string of the molecule is Oc1ccc(Cc2ccc(OCC(F)(F)CC(F)(F)COc3ccc(Cc4ccc(O)cc4)cc3)cc2)cc1. The minimum absolute atomic E-state index is 0.149. The second-order valence-electron chi connectivity index (χ2n) is 9.44. The van der Waals surface area contributed by atoms with Crippen LogP contribution in [0, 0.1) is 0 Å². The molecule has 0 spiro atoms. The fourth-order valence-electron chi connectivity index (χ4n) is 3.96. The summed E-state index contributed by atoms with van der Waals surface area (Å²) in [5.41, 5.74) is 3.72. The predicted octanol–water partition coefficient (Wildman–Crippen LogP) is 7.40. The molecule has 0 saturated heterocycles. The molecule has 4 aromatic carbocycles. The number of phenolic OH excluding ortho intramolecular Hbond substituents is 2. The summed E-state index contributed by atoms with van der Waals surface area (Å²) in [5, 5.41) is 18.7. The molecule has 0 aliphatic heterocycles. The Bertz CT molecular complexity index is 1220. The van der Waals surface area contributed by atoms with Crippen molar-refractivity contribution >= 4 is 0 Å². The molecule has 0 amide bonds. The summed E-state index contributed by atoms with van der Waals surface area (Å²) in [6.07, 6.45) is -0.563. The zero-order chi connectivity index (χ0) is 27.9. The third-order valence-corrected chi connectivity index (χ3v) is 5.95. The van der Waals surface area contributed by atoms with E-state index in [1.165, 1.54) is 24.3 Å². The normalized spacial score (nSPS) is 11.8. The van der Waals surface area contributed by atoms with Crippen molar-refractivity contribution in [2.45, 2.75) is 31.1 Å². The van der Waals surface area contributed by atoms with Crippen LogP contribution >= 0.6 is 0 Å². The molecule has 4 rings (SSSR count). The van der Waals surface area contributed by atoms with Crippen molar-refractivity contribution in [2.75, 3.05) is 13.2 Å². The summed E-state index contributed by atoms with van der Waals surface area (Å²) in [7, 11) is 0. The van der Waals surface area contributed by atoms with Crippen LogP contribution in [-0.4, -0.2) is 35.3 Å². The highest BCUT2D eigenvalue weighted by molar-refractivity contribution is 5.35. The minimum Gasteiger partial charge on any atom is -0.508 e. The van der Waals surface area contributed by atoms with Crippen LogP contribution in [0.25, 0.3) is 0 Å². The van der Waals surface area contributed by atoms with Crippen molar-refractivity contribution in [2.24, 2.45) is 0 Å². The monoisotopic (exact) mass is 540 g/mol. The molecule has 0 fully saturated rings. The molecule has 4 aromatic rings. The highest BCUT2D eigenvalue weighted by Crippen LogP contribution is 2.32. The van der Waals surface area contributed by atoms with Crippen LogP contribution in [0.15, 0.2) is 97.1 Å². The van der Waals surface area contributed by atoms with Gasteiger partial charge in [0.25, 0.3) is 11.8 Å². The Labute approximate surface area is 224 Å². The molecule has 0 heterocycles. The van der Waals surface area contributed by atoms with Gasteiger partial charge in [-0.25, -0.2) is 17.6 Å². The van der Waals surface area contributed by atoms with Gasteiger partial charge in [0.05, 0.1) is 6.42 Å². The van der Waals surface area contributed by atoms with Gasteiger partial charge in [0.15, 0.2) is 13.2 Å². The first-order valence-corrected chi connectivity index (χ1v) is 12.3. The maximum atomic E-state index is 14.3. The van der Waals surface area contributed by atoms with E-state index < -0.39 is 31.5 Å². The molecule has 4 nitrogen and oxygen atoms in total. The summed E-state index contributed by atoms with van der Waals surface area (Å²) in [6.45, 7) is -2.38. The Morgan fingerprint density at radius 2 is 0.744 bits per heavy atom. The number of ether oxygens (including phenoxy) is 2. The quantitative estimate of drug-likeness (QED) is 0.184. The number of aromatic hydroxyl groups is 2. The summed E-state index contributed by atoms with van der Waals surface area (Å²) in [5.74, 6) is -6.92. The third kappa shape index (κ3) is 8.95. The molecule has 2 N–H and O–H groups in total. The fraction of sp³-hybridized carbons (Fsp3) is 0.226. The van der Waals surface area contributed by atoms with Gasteiger partial charge in [0.1, 0.15) is 23.0 Å². The van der Waals surface area contributed by atoms with Gasteiger partial charge in [-0.1, -0.05) is 48.5 Å². The highest BCUT2D eigenvalue weighted by Gasteiger charge is 2.44. The number of rotatable bonds is 12. The van der Waals surface area contributed by atoms with E-state index in [0.29, 0.717) is 12.8 Å². The summed E-state index contributed by atoms with van der Waals surface area (Å²) < 4.78 is 67.5. The van der Waals surface area contributed by atoms with Gasteiger partial charge in [-0.05, 0) is 83.6 Å². The summed E-state index contributed by atoms with van der Waals surface area (Å²) in [4.78, 5) is 0. The maximum absolute atomic E-state index is 14.3. The Morgan fingerprint density at radius 3 is 1.05 bits per heavy atom. The van der Waals surface area contributed by atoms with Gasteiger partial charge in [-0.3, -0.25) is 0 Å². The molecule has 0 unspecified atom stereocenters. The Balaban J connectivity index is 1.23. The number of hydrogen-bond acceptors (Lipinski definition) is 4. The van der Waals surface area contributed by atoms with Crippen LogP contribution in [0.4, 0.5) is 17.6 Å². The van der Waals surface area contributed by atoms with Crippen molar-refractivity contribution < 1.29 is 37.2 Å². The largest absolute Gasteiger partial charge is 0.508 e. The molecule has 8 heteroatoms. The van der Waals surface area contributed by atoms with Crippen LogP contribution in [-0.2, 0) is 12.8 Å². The molecular weight excluding hydrogens is 512 g/mol. The first-order valence-electron chi connectivity index (χ1n) is 12.3. The lowest BCUT2D eigenvalue weighted by molar-refractivity contribution is -0.140. The number of hydrogen-bond donors (Lipinski definition) is 2. The van der Waals surface area contributed by atoms with Gasteiger partial charge >= 0.3 is 0 Å². The van der Waals surface area contributed by atoms with Crippen molar-refractivity contribution in [3.63, 3.8) is 0 Å². The van der Waals surface area contributed by atoms with Crippen molar-refractivity contribution in [1.29, 1.82) is 0 Å². The van der Waals surface area contributed by atoms with Gasteiger partial charge in [0.2, 0.25) is 0 Å². The zero-order valence-electron chi connectivity index (χ0n) is 21.0. The number of alkyl halides is 4. The molecule has 0 aromatic heterocycles. The standard InChI is InChI=1S/C31H28F4O4/c32-30(33,20-38-28-13-5-24(6-14-28)17-22-1-9-26(36)10-2-22)19-31(34,35)21-39-29-15-7-25(8-16-29)18-23-3-11-27(37)12-4-23/h1-16,36-37H,17-21H2. The van der Waals surface area contributed by atoms with E-state index in [1.54, 1.807) is 72.8 Å². The Kier molecular flexibility index (Phi) is 8.64. The lowest BCUT2D eigenvalue weighted by atomic mass is 10.0. The molecular formula is C31H28F4O4. The molecule has 0 aliphatic carbocycles. The van der Waals surface area contributed by atoms with Crippen molar-refractivity contribution in [3.8, 4) is 23.0 Å². The Morgan fingerprint density at radius 1 is 0.462 bits per heavy atom. The average Bonchev–Trinajstić information content (AvgIpc) is 2.90. The van der Waals surface area contributed by atoms with Gasteiger partial charge in [0, 0.05) is 0 Å². The third-order valence-electron chi connectivity index (χ3n) is 5.95. The van der Waals surface area contributed by atoms with Gasteiger partial charge in [-0.15, -0.1) is 0 Å².